The van der Waals surface area contributed by atoms with Gasteiger partial charge >= 0.3 is 0 Å². The van der Waals surface area contributed by atoms with Crippen LogP contribution in [0.1, 0.15) is 36.5 Å². The molecule has 1 fully saturated rings. The van der Waals surface area contributed by atoms with E-state index in [1.165, 1.54) is 17.7 Å². The SMILES string of the molecule is Cc1ccc(C2=C(Cl)C(=O)N(c3ccc(N4CCC(C)CC4)cc3)C2=O)cc1C. The van der Waals surface area contributed by atoms with Crippen molar-refractivity contribution in [2.75, 3.05) is 22.9 Å². The average Bonchev–Trinajstić information content (AvgIpc) is 2.94. The molecule has 0 aromatic heterocycles. The number of halogens is 1. The summed E-state index contributed by atoms with van der Waals surface area (Å²) >= 11 is 6.32. The van der Waals surface area contributed by atoms with E-state index in [0.717, 1.165) is 35.8 Å². The number of aryl methyl sites for hydroxylation is 2. The van der Waals surface area contributed by atoms with Gasteiger partial charge in [-0.15, -0.1) is 0 Å². The third-order valence-corrected chi connectivity index (χ3v) is 6.43. The molecule has 0 spiro atoms. The van der Waals surface area contributed by atoms with Crippen molar-refractivity contribution in [3.8, 4) is 0 Å². The van der Waals surface area contributed by atoms with Crippen LogP contribution in [0.15, 0.2) is 47.5 Å². The number of benzene rings is 2. The maximum Gasteiger partial charge on any atom is 0.277 e. The van der Waals surface area contributed by atoms with Gasteiger partial charge in [-0.1, -0.05) is 36.7 Å². The minimum absolute atomic E-state index is 0.0210. The molecule has 2 amide bonds. The molecule has 0 saturated carbocycles. The predicted octanol–water partition coefficient (Wildman–Crippen LogP) is 5.06. The number of rotatable bonds is 3. The van der Waals surface area contributed by atoms with E-state index in [-0.39, 0.29) is 16.5 Å². The molecule has 0 bridgehead atoms. The van der Waals surface area contributed by atoms with E-state index in [1.54, 1.807) is 0 Å². The van der Waals surface area contributed by atoms with E-state index in [1.807, 2.05) is 56.3 Å². The first-order chi connectivity index (χ1) is 13.9. The molecular weight excluding hydrogens is 384 g/mol. The van der Waals surface area contributed by atoms with Crippen molar-refractivity contribution < 1.29 is 9.59 Å². The van der Waals surface area contributed by atoms with Crippen molar-refractivity contribution in [1.82, 2.24) is 0 Å². The third-order valence-electron chi connectivity index (χ3n) is 6.08. The summed E-state index contributed by atoms with van der Waals surface area (Å²) in [5.41, 5.74) is 4.80. The van der Waals surface area contributed by atoms with Gasteiger partial charge in [-0.25, -0.2) is 4.90 Å². The van der Waals surface area contributed by atoms with E-state index in [2.05, 4.69) is 11.8 Å². The molecule has 4 nitrogen and oxygen atoms in total. The van der Waals surface area contributed by atoms with E-state index in [9.17, 15) is 9.59 Å². The van der Waals surface area contributed by atoms with Gasteiger partial charge in [-0.05, 0) is 73.6 Å². The highest BCUT2D eigenvalue weighted by Gasteiger charge is 2.39. The number of nitrogens with zero attached hydrogens (tertiary/aromatic N) is 2. The highest BCUT2D eigenvalue weighted by atomic mass is 35.5. The van der Waals surface area contributed by atoms with Crippen LogP contribution in [0.3, 0.4) is 0 Å². The van der Waals surface area contributed by atoms with E-state index in [0.29, 0.717) is 11.3 Å². The van der Waals surface area contributed by atoms with Crippen molar-refractivity contribution in [2.45, 2.75) is 33.6 Å². The second-order valence-corrected chi connectivity index (χ2v) is 8.50. The zero-order valence-electron chi connectivity index (χ0n) is 17.0. The summed E-state index contributed by atoms with van der Waals surface area (Å²) in [5, 5.41) is -0.0210. The van der Waals surface area contributed by atoms with Gasteiger partial charge in [0.25, 0.3) is 11.8 Å². The monoisotopic (exact) mass is 408 g/mol. The van der Waals surface area contributed by atoms with E-state index >= 15 is 0 Å². The van der Waals surface area contributed by atoms with Crippen LogP contribution in [0, 0.1) is 19.8 Å². The van der Waals surface area contributed by atoms with Crippen LogP contribution >= 0.6 is 11.6 Å². The Morgan fingerprint density at radius 3 is 2.10 bits per heavy atom. The standard InChI is InChI=1S/C24H25ClN2O2/c1-15-10-12-26(13-11-15)19-6-8-20(9-7-19)27-23(28)21(22(25)24(27)29)18-5-4-16(2)17(3)14-18/h4-9,14-15H,10-13H2,1-3H3. The fraction of sp³-hybridized carbons (Fsp3) is 0.333. The van der Waals surface area contributed by atoms with Crippen LogP contribution in [0.2, 0.25) is 0 Å². The van der Waals surface area contributed by atoms with Crippen LogP contribution in [0.25, 0.3) is 5.57 Å². The quantitative estimate of drug-likeness (QED) is 0.666. The summed E-state index contributed by atoms with van der Waals surface area (Å²) in [6.07, 6.45) is 2.37. The van der Waals surface area contributed by atoms with Gasteiger partial charge in [0.2, 0.25) is 0 Å². The van der Waals surface area contributed by atoms with Gasteiger partial charge in [0.05, 0.1) is 11.3 Å². The highest BCUT2D eigenvalue weighted by molar-refractivity contribution is 6.60. The molecule has 1 saturated heterocycles. The molecule has 0 N–H and O–H groups in total. The maximum absolute atomic E-state index is 13.1. The van der Waals surface area contributed by atoms with Gasteiger partial charge in [0, 0.05) is 18.8 Å². The van der Waals surface area contributed by atoms with Gasteiger partial charge in [-0.3, -0.25) is 9.59 Å². The molecule has 0 atom stereocenters. The number of piperidine rings is 1. The number of imide groups is 1. The fourth-order valence-corrected chi connectivity index (χ4v) is 4.24. The summed E-state index contributed by atoms with van der Waals surface area (Å²) in [6.45, 7) is 8.34. The number of amides is 2. The molecule has 2 heterocycles. The first-order valence-corrected chi connectivity index (χ1v) is 10.5. The molecule has 29 heavy (non-hydrogen) atoms. The number of anilines is 2. The molecule has 150 valence electrons. The van der Waals surface area contributed by atoms with Crippen molar-refractivity contribution in [2.24, 2.45) is 5.92 Å². The zero-order chi connectivity index (χ0) is 20.7. The van der Waals surface area contributed by atoms with Crippen LogP contribution < -0.4 is 9.80 Å². The molecule has 2 aromatic carbocycles. The Hall–Kier alpha value is -2.59. The lowest BCUT2D eigenvalue weighted by molar-refractivity contribution is -0.119. The number of hydrogen-bond donors (Lipinski definition) is 0. The molecule has 0 radical (unpaired) electrons. The van der Waals surface area contributed by atoms with Crippen LogP contribution in [0.4, 0.5) is 11.4 Å². The highest BCUT2D eigenvalue weighted by Crippen LogP contribution is 2.36. The van der Waals surface area contributed by atoms with Crippen molar-refractivity contribution in [3.05, 3.63) is 64.2 Å². The van der Waals surface area contributed by atoms with Crippen molar-refractivity contribution in [3.63, 3.8) is 0 Å². The summed E-state index contributed by atoms with van der Waals surface area (Å²) in [7, 11) is 0. The Kier molecular flexibility index (Phi) is 5.22. The third kappa shape index (κ3) is 3.58. The second-order valence-electron chi connectivity index (χ2n) is 8.12. The Morgan fingerprint density at radius 1 is 0.862 bits per heavy atom. The largest absolute Gasteiger partial charge is 0.372 e. The van der Waals surface area contributed by atoms with Crippen LogP contribution in [0.5, 0.6) is 0 Å². The summed E-state index contributed by atoms with van der Waals surface area (Å²) < 4.78 is 0. The lowest BCUT2D eigenvalue weighted by Crippen LogP contribution is -2.33. The van der Waals surface area contributed by atoms with Crippen LogP contribution in [-0.2, 0) is 9.59 Å². The first kappa shape index (κ1) is 19.7. The zero-order valence-corrected chi connectivity index (χ0v) is 17.8. The minimum atomic E-state index is -0.468. The van der Waals surface area contributed by atoms with Crippen molar-refractivity contribution in [1.29, 1.82) is 0 Å². The first-order valence-electron chi connectivity index (χ1n) is 10.1. The predicted molar refractivity (Wildman–Crippen MR) is 118 cm³/mol. The number of hydrogen-bond acceptors (Lipinski definition) is 3. The number of carbonyl (C=O) groups is 2. The second kappa shape index (κ2) is 7.68. The van der Waals surface area contributed by atoms with Crippen molar-refractivity contribution >= 4 is 40.4 Å². The normalized spacial score (nSPS) is 18.2. The lowest BCUT2D eigenvalue weighted by Gasteiger charge is -2.32. The van der Waals surface area contributed by atoms with Crippen LogP contribution in [-0.4, -0.2) is 24.9 Å². The Balaban J connectivity index is 1.59. The summed E-state index contributed by atoms with van der Waals surface area (Å²) in [4.78, 5) is 29.4. The molecule has 2 aliphatic heterocycles. The average molecular weight is 409 g/mol. The Bertz CT molecular complexity index is 1000. The smallest absolute Gasteiger partial charge is 0.277 e. The minimum Gasteiger partial charge on any atom is -0.372 e. The molecule has 4 rings (SSSR count). The van der Waals surface area contributed by atoms with E-state index in [4.69, 9.17) is 11.6 Å². The number of carbonyl (C=O) groups excluding carboxylic acids is 2. The Labute approximate surface area is 176 Å². The van der Waals surface area contributed by atoms with Gasteiger partial charge in [0.1, 0.15) is 5.03 Å². The molecule has 0 unspecified atom stereocenters. The molecule has 5 heteroatoms. The van der Waals surface area contributed by atoms with E-state index < -0.39 is 5.91 Å². The summed E-state index contributed by atoms with van der Waals surface area (Å²) in [6, 6.07) is 13.3. The van der Waals surface area contributed by atoms with Gasteiger partial charge in [0.15, 0.2) is 0 Å². The maximum atomic E-state index is 13.1. The summed E-state index contributed by atoms with van der Waals surface area (Å²) in [5.74, 6) is -0.0744. The molecule has 2 aromatic rings. The lowest BCUT2D eigenvalue weighted by atomic mass is 9.99. The van der Waals surface area contributed by atoms with Gasteiger partial charge in [-0.2, -0.15) is 0 Å². The molecular formula is C24H25ClN2O2. The molecule has 0 aliphatic carbocycles. The Morgan fingerprint density at radius 2 is 1.48 bits per heavy atom. The molecule has 2 aliphatic rings. The van der Waals surface area contributed by atoms with Gasteiger partial charge < -0.3 is 4.90 Å². The topological polar surface area (TPSA) is 40.6 Å². The fourth-order valence-electron chi connectivity index (χ4n) is 3.96.